The van der Waals surface area contributed by atoms with Crippen molar-refractivity contribution >= 4 is 0 Å². The number of halogens is 1. The standard InChI is InChI=1S/C27H33N2.BrH/c1-3-16-29(2)25-18-21(17-24-14-15-27(24,25)29)19-26(20-28,22-10-6-4-7-11-22)23-12-8-5-9-13-23;/h4-13,21,24-25H,3,14-19H2,1-2H3;1H/q+1;/p-1/t21-,24+,25+,27?,29?;/m1./s1. The van der Waals surface area contributed by atoms with E-state index in [0.717, 1.165) is 29.5 Å². The van der Waals surface area contributed by atoms with Crippen LogP contribution in [-0.4, -0.2) is 29.7 Å². The summed E-state index contributed by atoms with van der Waals surface area (Å²) in [5.41, 5.74) is 2.38. The summed E-state index contributed by atoms with van der Waals surface area (Å²) < 4.78 is 1.32. The van der Waals surface area contributed by atoms with Crippen molar-refractivity contribution in [2.45, 2.75) is 62.4 Å². The first-order chi connectivity index (χ1) is 14.1. The second-order valence-electron chi connectivity index (χ2n) is 10.0. The van der Waals surface area contributed by atoms with E-state index in [9.17, 15) is 5.26 Å². The first-order valence-electron chi connectivity index (χ1n) is 11.5. The number of likely N-dealkylation sites (N-methyl/N-ethyl adjacent to an activating group) is 1. The van der Waals surface area contributed by atoms with Crippen LogP contribution in [0, 0.1) is 23.2 Å². The SMILES string of the molecule is CCC[N+]1(C)[C@H]2C[C@H](CC(C#N)(c3ccccc3)c3ccccc3)C[C@@H]3CCC321.[Br-]. The van der Waals surface area contributed by atoms with Crippen molar-refractivity contribution in [2.75, 3.05) is 13.6 Å². The fraction of sp³-hybridized carbons (Fsp3) is 0.519. The number of quaternary nitrogens is 1. The van der Waals surface area contributed by atoms with E-state index in [2.05, 4.69) is 80.7 Å². The van der Waals surface area contributed by atoms with E-state index >= 15 is 0 Å². The Morgan fingerprint density at radius 3 is 2.10 bits per heavy atom. The molecule has 1 saturated heterocycles. The summed E-state index contributed by atoms with van der Waals surface area (Å²) in [6, 6.07) is 24.7. The summed E-state index contributed by atoms with van der Waals surface area (Å²) in [6.45, 7) is 3.66. The third kappa shape index (κ3) is 2.84. The Morgan fingerprint density at radius 2 is 1.63 bits per heavy atom. The van der Waals surface area contributed by atoms with Crippen LogP contribution in [0.3, 0.4) is 0 Å². The van der Waals surface area contributed by atoms with Crippen LogP contribution < -0.4 is 17.0 Å². The second kappa shape index (κ2) is 7.81. The van der Waals surface area contributed by atoms with E-state index in [-0.39, 0.29) is 17.0 Å². The highest BCUT2D eigenvalue weighted by atomic mass is 79.9. The molecule has 1 aliphatic heterocycles. The molecular weight excluding hydrogens is 432 g/mol. The van der Waals surface area contributed by atoms with E-state index < -0.39 is 5.41 Å². The molecule has 2 unspecified atom stereocenters. The van der Waals surface area contributed by atoms with Crippen LogP contribution >= 0.6 is 0 Å². The molecule has 0 radical (unpaired) electrons. The molecule has 0 amide bonds. The summed E-state index contributed by atoms with van der Waals surface area (Å²) in [7, 11) is 2.52. The lowest BCUT2D eigenvalue weighted by Gasteiger charge is -2.42. The number of nitriles is 1. The van der Waals surface area contributed by atoms with Gasteiger partial charge < -0.3 is 21.5 Å². The van der Waals surface area contributed by atoms with Gasteiger partial charge in [-0.05, 0) is 42.7 Å². The second-order valence-corrected chi connectivity index (χ2v) is 10.0. The van der Waals surface area contributed by atoms with Gasteiger partial charge in [0.1, 0.15) is 11.5 Å². The van der Waals surface area contributed by atoms with Crippen molar-refractivity contribution in [1.82, 2.24) is 0 Å². The Kier molecular flexibility index (Phi) is 5.62. The summed E-state index contributed by atoms with van der Waals surface area (Å²) in [5.74, 6) is 1.51. The van der Waals surface area contributed by atoms with Crippen LogP contribution in [-0.2, 0) is 5.41 Å². The number of hydrogen-bond donors (Lipinski definition) is 0. The van der Waals surface area contributed by atoms with Crippen LogP contribution in [0.5, 0.6) is 0 Å². The highest BCUT2D eigenvalue weighted by molar-refractivity contribution is 5.46. The molecule has 2 nitrogen and oxygen atoms in total. The molecule has 2 aromatic rings. The lowest BCUT2D eigenvalue weighted by Crippen LogP contribution is -3.00. The van der Waals surface area contributed by atoms with Crippen molar-refractivity contribution in [3.63, 3.8) is 0 Å². The van der Waals surface area contributed by atoms with Gasteiger partial charge in [0.05, 0.1) is 19.7 Å². The van der Waals surface area contributed by atoms with Crippen molar-refractivity contribution in [2.24, 2.45) is 11.8 Å². The Morgan fingerprint density at radius 1 is 1.03 bits per heavy atom. The molecule has 3 fully saturated rings. The van der Waals surface area contributed by atoms with E-state index in [1.54, 1.807) is 0 Å². The molecule has 2 aliphatic carbocycles. The first-order valence-corrected chi connectivity index (χ1v) is 11.5. The quantitative estimate of drug-likeness (QED) is 0.476. The smallest absolute Gasteiger partial charge is 0.154 e. The van der Waals surface area contributed by atoms with Gasteiger partial charge in [0.15, 0.2) is 5.54 Å². The van der Waals surface area contributed by atoms with Gasteiger partial charge in [-0.1, -0.05) is 67.6 Å². The van der Waals surface area contributed by atoms with E-state index in [0.29, 0.717) is 11.5 Å². The topological polar surface area (TPSA) is 23.8 Å². The molecular formula is C27H33BrN2. The van der Waals surface area contributed by atoms with Crippen molar-refractivity contribution in [3.05, 3.63) is 71.8 Å². The predicted octanol–water partition coefficient (Wildman–Crippen LogP) is 2.69. The van der Waals surface area contributed by atoms with Gasteiger partial charge in [-0.2, -0.15) is 5.26 Å². The number of benzene rings is 2. The lowest BCUT2D eigenvalue weighted by atomic mass is 9.58. The van der Waals surface area contributed by atoms with Gasteiger partial charge in [-0.15, -0.1) is 0 Å². The Bertz CT molecular complexity index is 881. The van der Waals surface area contributed by atoms with Crippen molar-refractivity contribution in [3.8, 4) is 6.07 Å². The summed E-state index contributed by atoms with van der Waals surface area (Å²) in [6.07, 6.45) is 7.69. The van der Waals surface area contributed by atoms with Crippen LogP contribution in [0.2, 0.25) is 0 Å². The Labute approximate surface area is 192 Å². The minimum absolute atomic E-state index is 0. The third-order valence-corrected chi connectivity index (χ3v) is 8.93. The zero-order valence-corrected chi connectivity index (χ0v) is 19.8. The Hall–Kier alpha value is -1.63. The van der Waals surface area contributed by atoms with Crippen molar-refractivity contribution in [1.29, 1.82) is 5.26 Å². The molecule has 2 saturated carbocycles. The molecule has 0 N–H and O–H groups in total. The molecule has 158 valence electrons. The van der Waals surface area contributed by atoms with Gasteiger partial charge in [-0.25, -0.2) is 0 Å². The molecule has 3 heteroatoms. The van der Waals surface area contributed by atoms with Crippen LogP contribution in [0.4, 0.5) is 0 Å². The number of nitrogens with zero attached hydrogens (tertiary/aromatic N) is 2. The van der Waals surface area contributed by atoms with Gasteiger partial charge >= 0.3 is 0 Å². The van der Waals surface area contributed by atoms with Gasteiger partial charge in [0, 0.05) is 18.8 Å². The summed E-state index contributed by atoms with van der Waals surface area (Å²) in [5, 5.41) is 10.6. The molecule has 5 rings (SSSR count). The van der Waals surface area contributed by atoms with Gasteiger partial charge in [-0.3, -0.25) is 0 Å². The van der Waals surface area contributed by atoms with E-state index in [1.807, 2.05) is 0 Å². The average Bonchev–Trinajstić information content (AvgIpc) is 3.30. The molecule has 0 bridgehead atoms. The predicted molar refractivity (Wildman–Crippen MR) is 117 cm³/mol. The maximum absolute atomic E-state index is 10.6. The zero-order chi connectivity index (χ0) is 20.1. The molecule has 1 spiro atoms. The monoisotopic (exact) mass is 464 g/mol. The molecule has 0 aromatic heterocycles. The summed E-state index contributed by atoms with van der Waals surface area (Å²) in [4.78, 5) is 0. The minimum atomic E-state index is -0.542. The number of likely N-dealkylation sites (tertiary alicyclic amines) is 1. The first kappa shape index (κ1) is 21.6. The highest BCUT2D eigenvalue weighted by Crippen LogP contribution is 2.70. The summed E-state index contributed by atoms with van der Waals surface area (Å²) >= 11 is 0. The molecule has 3 aliphatic rings. The maximum Gasteiger partial charge on any atom is 0.154 e. The molecule has 1 heterocycles. The van der Waals surface area contributed by atoms with Gasteiger partial charge in [0.25, 0.3) is 0 Å². The number of hydrogen-bond acceptors (Lipinski definition) is 1. The third-order valence-electron chi connectivity index (χ3n) is 8.93. The number of rotatable bonds is 6. The fourth-order valence-electron chi connectivity index (χ4n) is 7.57. The minimum Gasteiger partial charge on any atom is -1.00 e. The lowest BCUT2D eigenvalue weighted by molar-refractivity contribution is -0.828. The van der Waals surface area contributed by atoms with E-state index in [1.165, 1.54) is 43.1 Å². The van der Waals surface area contributed by atoms with Crippen LogP contribution in [0.25, 0.3) is 0 Å². The highest BCUT2D eigenvalue weighted by Gasteiger charge is 2.83. The zero-order valence-electron chi connectivity index (χ0n) is 18.2. The van der Waals surface area contributed by atoms with Gasteiger partial charge in [0.2, 0.25) is 0 Å². The normalized spacial score (nSPS) is 33.8. The fourth-order valence-corrected chi connectivity index (χ4v) is 7.57. The van der Waals surface area contributed by atoms with Crippen molar-refractivity contribution < 1.29 is 21.5 Å². The molecule has 5 atom stereocenters. The largest absolute Gasteiger partial charge is 1.00 e. The van der Waals surface area contributed by atoms with Crippen LogP contribution in [0.1, 0.15) is 56.6 Å². The van der Waals surface area contributed by atoms with E-state index in [4.69, 9.17) is 0 Å². The molecule has 30 heavy (non-hydrogen) atoms. The molecule has 2 aromatic carbocycles. The average molecular weight is 465 g/mol. The Balaban J connectivity index is 0.00000218. The maximum atomic E-state index is 10.6. The van der Waals surface area contributed by atoms with Crippen LogP contribution in [0.15, 0.2) is 60.7 Å².